The average Bonchev–Trinajstić information content (AvgIpc) is 2.47. The molecule has 0 saturated heterocycles. The average molecular weight is 273 g/mol. The summed E-state index contributed by atoms with van der Waals surface area (Å²) in [6.45, 7) is 2.02. The van der Waals surface area contributed by atoms with Gasteiger partial charge in [-0.25, -0.2) is 4.39 Å². The lowest BCUT2D eigenvalue weighted by Crippen LogP contribution is -2.36. The highest BCUT2D eigenvalue weighted by Gasteiger charge is 2.13. The number of rotatable bonds is 6. The van der Waals surface area contributed by atoms with E-state index in [0.717, 1.165) is 12.0 Å². The van der Waals surface area contributed by atoms with Crippen LogP contribution in [-0.4, -0.2) is 17.8 Å². The zero-order valence-electron chi connectivity index (χ0n) is 11.6. The Kier molecular flexibility index (Phi) is 5.27. The van der Waals surface area contributed by atoms with Crippen LogP contribution in [0.5, 0.6) is 0 Å². The van der Waals surface area contributed by atoms with E-state index in [9.17, 15) is 9.50 Å². The van der Waals surface area contributed by atoms with Crippen molar-refractivity contribution in [1.29, 1.82) is 0 Å². The molecule has 2 N–H and O–H groups in total. The van der Waals surface area contributed by atoms with Crippen LogP contribution in [0.3, 0.4) is 0 Å². The van der Waals surface area contributed by atoms with Crippen molar-refractivity contribution in [2.75, 3.05) is 6.61 Å². The Hall–Kier alpha value is -1.71. The zero-order valence-corrected chi connectivity index (χ0v) is 11.6. The minimum Gasteiger partial charge on any atom is -0.395 e. The van der Waals surface area contributed by atoms with E-state index in [0.29, 0.717) is 0 Å². The molecule has 0 aliphatic carbocycles. The number of aliphatic hydroxyl groups excluding tert-OH is 1. The molecule has 2 aromatic carbocycles. The molecule has 2 aromatic rings. The fraction of sp³-hybridized carbons (Fsp3) is 0.294. The normalized spacial score (nSPS) is 13.9. The van der Waals surface area contributed by atoms with Gasteiger partial charge in [0.1, 0.15) is 5.82 Å². The maximum atomic E-state index is 13.2. The summed E-state index contributed by atoms with van der Waals surface area (Å²) in [6, 6.07) is 16.5. The van der Waals surface area contributed by atoms with E-state index in [4.69, 9.17) is 0 Å². The summed E-state index contributed by atoms with van der Waals surface area (Å²) in [6.07, 6.45) is 0.747. The molecule has 0 radical (unpaired) electrons. The molecule has 2 rings (SSSR count). The van der Waals surface area contributed by atoms with E-state index in [2.05, 4.69) is 5.32 Å². The van der Waals surface area contributed by atoms with Gasteiger partial charge in [0.05, 0.1) is 6.61 Å². The highest BCUT2D eigenvalue weighted by molar-refractivity contribution is 5.20. The second-order valence-electron chi connectivity index (χ2n) is 5.01. The molecule has 3 heteroatoms. The number of nitrogens with one attached hydrogen (secondary N) is 1. The van der Waals surface area contributed by atoms with Gasteiger partial charge in [-0.15, -0.1) is 0 Å². The van der Waals surface area contributed by atoms with Crippen molar-refractivity contribution in [3.05, 3.63) is 71.5 Å². The maximum absolute atomic E-state index is 13.2. The standard InChI is InChI=1S/C17H20FNO/c1-13(15-8-5-9-16(18)11-15)19-17(12-20)10-14-6-3-2-4-7-14/h2-9,11,13,17,19-20H,10,12H2,1H3/t13?,17-/m0/s1. The van der Waals surface area contributed by atoms with Crippen LogP contribution in [0.2, 0.25) is 0 Å². The van der Waals surface area contributed by atoms with E-state index >= 15 is 0 Å². The first-order valence-corrected chi connectivity index (χ1v) is 6.85. The lowest BCUT2D eigenvalue weighted by Gasteiger charge is -2.22. The van der Waals surface area contributed by atoms with Gasteiger partial charge in [-0.1, -0.05) is 42.5 Å². The molecule has 0 fully saturated rings. The third kappa shape index (κ3) is 4.15. The molecule has 0 bridgehead atoms. The first-order valence-electron chi connectivity index (χ1n) is 6.85. The van der Waals surface area contributed by atoms with E-state index in [1.165, 1.54) is 17.7 Å². The predicted molar refractivity (Wildman–Crippen MR) is 79.0 cm³/mol. The quantitative estimate of drug-likeness (QED) is 0.847. The molecule has 0 heterocycles. The number of hydrogen-bond acceptors (Lipinski definition) is 2. The van der Waals surface area contributed by atoms with Crippen LogP contribution in [0.15, 0.2) is 54.6 Å². The van der Waals surface area contributed by atoms with Crippen molar-refractivity contribution in [1.82, 2.24) is 5.32 Å². The number of hydrogen-bond donors (Lipinski definition) is 2. The Morgan fingerprint density at radius 2 is 1.85 bits per heavy atom. The Morgan fingerprint density at radius 1 is 1.10 bits per heavy atom. The van der Waals surface area contributed by atoms with E-state index in [1.54, 1.807) is 6.07 Å². The van der Waals surface area contributed by atoms with Crippen LogP contribution in [0.1, 0.15) is 24.1 Å². The van der Waals surface area contributed by atoms with Crippen LogP contribution in [0.25, 0.3) is 0 Å². The molecule has 0 aliphatic rings. The topological polar surface area (TPSA) is 32.3 Å². The van der Waals surface area contributed by atoms with E-state index < -0.39 is 0 Å². The second kappa shape index (κ2) is 7.17. The molecule has 0 aliphatic heterocycles. The summed E-state index contributed by atoms with van der Waals surface area (Å²) in [5, 5.41) is 12.8. The van der Waals surface area contributed by atoms with Crippen molar-refractivity contribution in [3.8, 4) is 0 Å². The molecule has 106 valence electrons. The largest absolute Gasteiger partial charge is 0.395 e. The summed E-state index contributed by atoms with van der Waals surface area (Å²) in [4.78, 5) is 0. The highest BCUT2D eigenvalue weighted by atomic mass is 19.1. The van der Waals surface area contributed by atoms with Crippen LogP contribution in [0.4, 0.5) is 4.39 Å². The monoisotopic (exact) mass is 273 g/mol. The lowest BCUT2D eigenvalue weighted by atomic mass is 10.0. The number of aliphatic hydroxyl groups is 1. The maximum Gasteiger partial charge on any atom is 0.123 e. The van der Waals surface area contributed by atoms with Crippen molar-refractivity contribution >= 4 is 0 Å². The third-order valence-electron chi connectivity index (χ3n) is 3.38. The number of benzene rings is 2. The summed E-state index contributed by atoms with van der Waals surface area (Å²) in [5.41, 5.74) is 2.06. The summed E-state index contributed by atoms with van der Waals surface area (Å²) >= 11 is 0. The predicted octanol–water partition coefficient (Wildman–Crippen LogP) is 3.08. The Bertz CT molecular complexity index is 530. The van der Waals surface area contributed by atoms with Crippen LogP contribution in [0, 0.1) is 5.82 Å². The minimum atomic E-state index is -0.236. The van der Waals surface area contributed by atoms with Gasteiger partial charge < -0.3 is 10.4 Å². The van der Waals surface area contributed by atoms with Gasteiger partial charge in [0, 0.05) is 12.1 Å². The van der Waals surface area contributed by atoms with Crippen LogP contribution < -0.4 is 5.32 Å². The molecular weight excluding hydrogens is 253 g/mol. The van der Waals surface area contributed by atoms with Gasteiger partial charge in [-0.2, -0.15) is 0 Å². The Balaban J connectivity index is 1.99. The smallest absolute Gasteiger partial charge is 0.123 e. The third-order valence-corrected chi connectivity index (χ3v) is 3.38. The number of halogens is 1. The van der Waals surface area contributed by atoms with Gasteiger partial charge in [-0.3, -0.25) is 0 Å². The molecule has 0 aromatic heterocycles. The molecule has 0 saturated carbocycles. The minimum absolute atomic E-state index is 0.00781. The SMILES string of the molecule is CC(N[C@H](CO)Cc1ccccc1)c1cccc(F)c1. The Morgan fingerprint density at radius 3 is 2.50 bits per heavy atom. The van der Waals surface area contributed by atoms with Crippen LogP contribution in [-0.2, 0) is 6.42 Å². The van der Waals surface area contributed by atoms with Crippen molar-refractivity contribution in [3.63, 3.8) is 0 Å². The second-order valence-corrected chi connectivity index (χ2v) is 5.01. The van der Waals surface area contributed by atoms with Crippen molar-refractivity contribution < 1.29 is 9.50 Å². The molecule has 1 unspecified atom stereocenters. The summed E-state index contributed by atoms with van der Waals surface area (Å²) in [5.74, 6) is -0.236. The molecular formula is C17H20FNO. The fourth-order valence-electron chi connectivity index (χ4n) is 2.30. The molecule has 20 heavy (non-hydrogen) atoms. The molecule has 0 amide bonds. The first-order chi connectivity index (χ1) is 9.69. The Labute approximate surface area is 119 Å². The van der Waals surface area contributed by atoms with Crippen LogP contribution >= 0.6 is 0 Å². The summed E-state index contributed by atoms with van der Waals surface area (Å²) in [7, 11) is 0. The van der Waals surface area contributed by atoms with E-state index in [-0.39, 0.29) is 24.5 Å². The van der Waals surface area contributed by atoms with Gasteiger partial charge in [0.2, 0.25) is 0 Å². The lowest BCUT2D eigenvalue weighted by molar-refractivity contribution is 0.232. The highest BCUT2D eigenvalue weighted by Crippen LogP contribution is 2.15. The molecule has 0 spiro atoms. The van der Waals surface area contributed by atoms with Crippen molar-refractivity contribution in [2.24, 2.45) is 0 Å². The molecule has 2 atom stereocenters. The zero-order chi connectivity index (χ0) is 14.4. The summed E-state index contributed by atoms with van der Waals surface area (Å²) < 4.78 is 13.2. The van der Waals surface area contributed by atoms with Gasteiger partial charge in [0.15, 0.2) is 0 Å². The molecule has 2 nitrogen and oxygen atoms in total. The fourth-order valence-corrected chi connectivity index (χ4v) is 2.30. The van der Waals surface area contributed by atoms with Gasteiger partial charge in [0.25, 0.3) is 0 Å². The first kappa shape index (κ1) is 14.7. The van der Waals surface area contributed by atoms with Gasteiger partial charge in [-0.05, 0) is 36.6 Å². The van der Waals surface area contributed by atoms with Crippen molar-refractivity contribution in [2.45, 2.75) is 25.4 Å². The van der Waals surface area contributed by atoms with E-state index in [1.807, 2.05) is 43.3 Å². The van der Waals surface area contributed by atoms with Gasteiger partial charge >= 0.3 is 0 Å².